The van der Waals surface area contributed by atoms with E-state index in [1.54, 1.807) is 49.5 Å². The van der Waals surface area contributed by atoms with Crippen molar-refractivity contribution in [3.05, 3.63) is 64.9 Å². The molecule has 0 radical (unpaired) electrons. The number of ether oxygens (including phenoxy) is 3. The van der Waals surface area contributed by atoms with E-state index in [9.17, 15) is 9.59 Å². The minimum atomic E-state index is -0.490. The molecule has 8 nitrogen and oxygen atoms in total. The summed E-state index contributed by atoms with van der Waals surface area (Å²) >= 11 is 6.22. The molecule has 0 bridgehead atoms. The fraction of sp³-hybridized carbons (Fsp3) is 0.190. The fourth-order valence-electron chi connectivity index (χ4n) is 2.95. The molecule has 0 fully saturated rings. The summed E-state index contributed by atoms with van der Waals surface area (Å²) in [5, 5.41) is 7.36. The van der Waals surface area contributed by atoms with E-state index >= 15 is 0 Å². The number of rotatable bonds is 5. The van der Waals surface area contributed by atoms with Crippen LogP contribution in [0.15, 0.2) is 48.7 Å². The fourth-order valence-corrected chi connectivity index (χ4v) is 3.22. The van der Waals surface area contributed by atoms with E-state index in [4.69, 9.17) is 25.8 Å². The molecular formula is C21H18ClN3O5. The zero-order chi connectivity index (χ0) is 21.1. The topological polar surface area (TPSA) is 91.7 Å². The number of anilines is 1. The lowest BCUT2D eigenvalue weighted by molar-refractivity contribution is 0.0519. The number of esters is 1. The van der Waals surface area contributed by atoms with Gasteiger partial charge >= 0.3 is 5.97 Å². The maximum absolute atomic E-state index is 12.7. The van der Waals surface area contributed by atoms with E-state index in [2.05, 4.69) is 10.4 Å². The molecule has 4 rings (SSSR count). The second-order valence-electron chi connectivity index (χ2n) is 6.35. The van der Waals surface area contributed by atoms with Crippen LogP contribution in [0.3, 0.4) is 0 Å². The van der Waals surface area contributed by atoms with Crippen LogP contribution in [0.5, 0.6) is 11.5 Å². The molecule has 1 aromatic heterocycles. The molecule has 30 heavy (non-hydrogen) atoms. The van der Waals surface area contributed by atoms with Gasteiger partial charge in [-0.2, -0.15) is 5.10 Å². The van der Waals surface area contributed by atoms with Crippen LogP contribution in [0.25, 0.3) is 5.69 Å². The first kappa shape index (κ1) is 19.8. The van der Waals surface area contributed by atoms with Gasteiger partial charge in [0.1, 0.15) is 13.2 Å². The lowest BCUT2D eigenvalue weighted by Gasteiger charge is -2.20. The minimum absolute atomic E-state index is 0.206. The first-order valence-corrected chi connectivity index (χ1v) is 9.66. The summed E-state index contributed by atoms with van der Waals surface area (Å²) in [7, 11) is 0. The van der Waals surface area contributed by atoms with Gasteiger partial charge in [-0.3, -0.25) is 4.79 Å². The molecule has 0 spiro atoms. The number of aromatic nitrogens is 2. The number of amides is 1. The Balaban J connectivity index is 1.53. The summed E-state index contributed by atoms with van der Waals surface area (Å²) in [5.41, 5.74) is 1.77. The first-order valence-electron chi connectivity index (χ1n) is 9.29. The van der Waals surface area contributed by atoms with Crippen molar-refractivity contribution in [3.63, 3.8) is 0 Å². The molecular weight excluding hydrogens is 410 g/mol. The molecule has 0 unspecified atom stereocenters. The van der Waals surface area contributed by atoms with Crippen LogP contribution < -0.4 is 14.8 Å². The minimum Gasteiger partial charge on any atom is -0.486 e. The van der Waals surface area contributed by atoms with Gasteiger partial charge in [0, 0.05) is 17.4 Å². The van der Waals surface area contributed by atoms with Crippen molar-refractivity contribution in [1.82, 2.24) is 9.78 Å². The van der Waals surface area contributed by atoms with Crippen LogP contribution in [-0.2, 0) is 4.74 Å². The Hall–Kier alpha value is -3.52. The van der Waals surface area contributed by atoms with E-state index in [1.165, 1.54) is 10.7 Å². The van der Waals surface area contributed by atoms with Crippen LogP contribution >= 0.6 is 11.6 Å². The lowest BCUT2D eigenvalue weighted by atomic mass is 10.1. The number of carbonyl (C=O) groups is 2. The molecule has 0 saturated heterocycles. The predicted octanol–water partition coefficient (Wildman–Crippen LogP) is 3.73. The van der Waals surface area contributed by atoms with E-state index in [0.717, 1.165) is 0 Å². The van der Waals surface area contributed by atoms with E-state index in [1.807, 2.05) is 0 Å². The van der Waals surface area contributed by atoms with E-state index < -0.39 is 5.97 Å². The predicted molar refractivity (Wildman–Crippen MR) is 110 cm³/mol. The summed E-state index contributed by atoms with van der Waals surface area (Å²) in [6.45, 7) is 2.82. The Morgan fingerprint density at radius 2 is 2.03 bits per heavy atom. The van der Waals surface area contributed by atoms with Gasteiger partial charge in [0.15, 0.2) is 17.2 Å². The van der Waals surface area contributed by atoms with Gasteiger partial charge in [-0.15, -0.1) is 0 Å². The van der Waals surface area contributed by atoms with Gasteiger partial charge in [-0.05, 0) is 43.3 Å². The summed E-state index contributed by atoms with van der Waals surface area (Å²) in [6, 6.07) is 11.8. The molecule has 1 N–H and O–H groups in total. The number of fused-ring (bicyclic) bond motifs is 1. The average Bonchev–Trinajstić information content (AvgIpc) is 3.25. The molecule has 2 heterocycles. The van der Waals surface area contributed by atoms with Gasteiger partial charge in [0.25, 0.3) is 5.91 Å². The molecule has 154 valence electrons. The number of nitrogens with zero attached hydrogens (tertiary/aromatic N) is 2. The van der Waals surface area contributed by atoms with Crippen molar-refractivity contribution in [1.29, 1.82) is 0 Å². The maximum Gasteiger partial charge on any atom is 0.358 e. The Kier molecular flexibility index (Phi) is 5.58. The largest absolute Gasteiger partial charge is 0.486 e. The van der Waals surface area contributed by atoms with Crippen LogP contribution in [0, 0.1) is 0 Å². The lowest BCUT2D eigenvalue weighted by Crippen LogP contribution is -2.17. The summed E-state index contributed by atoms with van der Waals surface area (Å²) in [4.78, 5) is 24.5. The van der Waals surface area contributed by atoms with E-state index in [0.29, 0.717) is 46.7 Å². The van der Waals surface area contributed by atoms with Crippen molar-refractivity contribution >= 4 is 29.2 Å². The normalized spacial score (nSPS) is 12.3. The number of halogens is 1. The second-order valence-corrected chi connectivity index (χ2v) is 6.76. The van der Waals surface area contributed by atoms with Crippen molar-refractivity contribution in [2.45, 2.75) is 6.92 Å². The molecule has 0 atom stereocenters. The first-order chi connectivity index (χ1) is 14.5. The average molecular weight is 428 g/mol. The van der Waals surface area contributed by atoms with Crippen LogP contribution in [0.1, 0.15) is 27.8 Å². The van der Waals surface area contributed by atoms with Gasteiger partial charge in [0.2, 0.25) is 0 Å². The van der Waals surface area contributed by atoms with Crippen LogP contribution in [-0.4, -0.2) is 41.5 Å². The number of hydrogen-bond donors (Lipinski definition) is 1. The Bertz CT molecular complexity index is 1110. The third-order valence-electron chi connectivity index (χ3n) is 4.30. The standard InChI is InChI=1S/C21H18ClN3O5/c1-2-28-21(27)17-6-7-25(24-17)15-5-3-4-14(12-15)23-20(26)13-10-16(22)19-18(11-13)29-8-9-30-19/h3-7,10-12H,2,8-9H2,1H3,(H,23,26). The highest BCUT2D eigenvalue weighted by Gasteiger charge is 2.19. The number of carbonyl (C=O) groups excluding carboxylic acids is 2. The Morgan fingerprint density at radius 3 is 2.87 bits per heavy atom. The zero-order valence-corrected chi connectivity index (χ0v) is 16.8. The molecule has 2 aromatic carbocycles. The molecule has 1 aliphatic heterocycles. The Morgan fingerprint density at radius 1 is 1.20 bits per heavy atom. The Labute approximate surface area is 177 Å². The van der Waals surface area contributed by atoms with Gasteiger partial charge in [-0.25, -0.2) is 9.48 Å². The van der Waals surface area contributed by atoms with Crippen LogP contribution in [0.4, 0.5) is 5.69 Å². The number of nitrogens with one attached hydrogen (secondary N) is 1. The summed E-state index contributed by atoms with van der Waals surface area (Å²) in [6.07, 6.45) is 1.65. The molecule has 0 aliphatic carbocycles. The zero-order valence-electron chi connectivity index (χ0n) is 16.1. The second kappa shape index (κ2) is 8.46. The highest BCUT2D eigenvalue weighted by molar-refractivity contribution is 6.32. The highest BCUT2D eigenvalue weighted by Crippen LogP contribution is 2.38. The molecule has 1 amide bonds. The van der Waals surface area contributed by atoms with Gasteiger partial charge < -0.3 is 19.5 Å². The van der Waals surface area contributed by atoms with Crippen LogP contribution in [0.2, 0.25) is 5.02 Å². The summed E-state index contributed by atoms with van der Waals surface area (Å²) in [5.74, 6) is 0.0446. The number of benzene rings is 2. The number of hydrogen-bond acceptors (Lipinski definition) is 6. The molecule has 0 saturated carbocycles. The van der Waals surface area contributed by atoms with E-state index in [-0.39, 0.29) is 18.2 Å². The van der Waals surface area contributed by atoms with Crippen molar-refractivity contribution in [2.24, 2.45) is 0 Å². The SMILES string of the molecule is CCOC(=O)c1ccn(-c2cccc(NC(=O)c3cc(Cl)c4c(c3)OCCO4)c2)n1. The molecule has 3 aromatic rings. The molecule has 9 heteroatoms. The van der Waals surface area contributed by atoms with Crippen molar-refractivity contribution < 1.29 is 23.8 Å². The monoisotopic (exact) mass is 427 g/mol. The summed E-state index contributed by atoms with van der Waals surface area (Å²) < 4.78 is 17.5. The van der Waals surface area contributed by atoms with Crippen molar-refractivity contribution in [2.75, 3.05) is 25.1 Å². The third-order valence-corrected chi connectivity index (χ3v) is 4.58. The van der Waals surface area contributed by atoms with Gasteiger partial charge in [-0.1, -0.05) is 17.7 Å². The highest BCUT2D eigenvalue weighted by atomic mass is 35.5. The molecule has 1 aliphatic rings. The maximum atomic E-state index is 12.7. The third kappa shape index (κ3) is 4.08. The van der Waals surface area contributed by atoms with Crippen molar-refractivity contribution in [3.8, 4) is 17.2 Å². The van der Waals surface area contributed by atoms with Gasteiger partial charge in [0.05, 0.1) is 17.3 Å². The quantitative estimate of drug-likeness (QED) is 0.624. The smallest absolute Gasteiger partial charge is 0.358 e.